The van der Waals surface area contributed by atoms with Crippen LogP contribution >= 0.6 is 23.4 Å². The Morgan fingerprint density at radius 1 is 1.39 bits per heavy atom. The van der Waals surface area contributed by atoms with E-state index in [-0.39, 0.29) is 12.6 Å². The summed E-state index contributed by atoms with van der Waals surface area (Å²) >= 11 is 7.23. The van der Waals surface area contributed by atoms with Crippen molar-refractivity contribution in [2.45, 2.75) is 23.5 Å². The highest BCUT2D eigenvalue weighted by Gasteiger charge is 2.31. The van der Waals surface area contributed by atoms with Crippen molar-refractivity contribution in [1.29, 1.82) is 0 Å². The first-order valence-electron chi connectivity index (χ1n) is 5.36. The molecule has 4 nitrogen and oxygen atoms in total. The Balaban J connectivity index is 2.77. The van der Waals surface area contributed by atoms with Crippen LogP contribution in [0.2, 0.25) is 5.02 Å². The second-order valence-electron chi connectivity index (χ2n) is 4.34. The number of rotatable bonds is 5. The van der Waals surface area contributed by atoms with Crippen LogP contribution in [0.4, 0.5) is 0 Å². The zero-order valence-corrected chi connectivity index (χ0v) is 12.1. The zero-order chi connectivity index (χ0) is 13.8. The summed E-state index contributed by atoms with van der Waals surface area (Å²) in [5.41, 5.74) is 0. The van der Waals surface area contributed by atoms with Crippen molar-refractivity contribution in [3.63, 3.8) is 0 Å². The third kappa shape index (κ3) is 3.99. The Kier molecular flexibility index (Phi) is 5.16. The van der Waals surface area contributed by atoms with Gasteiger partial charge in [-0.3, -0.25) is 4.79 Å². The lowest BCUT2D eigenvalue weighted by Crippen LogP contribution is -2.41. The second kappa shape index (κ2) is 6.20. The summed E-state index contributed by atoms with van der Waals surface area (Å²) in [4.78, 5) is 24.5. The minimum atomic E-state index is -0.659. The Hall–Kier alpha value is -1.07. The number of nitroso groups, excluding NO2 is 1. The van der Waals surface area contributed by atoms with Crippen LogP contribution in [0, 0.1) is 4.91 Å². The Bertz CT molecular complexity index is 434. The quantitative estimate of drug-likeness (QED) is 0.616. The molecule has 0 atom stereocenters. The molecule has 1 aromatic carbocycles. The number of hydrogen-bond donors (Lipinski definition) is 0. The molecule has 0 aliphatic heterocycles. The number of amides is 1. The van der Waals surface area contributed by atoms with E-state index in [0.717, 1.165) is 4.90 Å². The standard InChI is InChI=1S/C12H15ClN2O2S/c1-12(2,11(16)15(3)8-14-17)18-10-6-4-9(13)5-7-10/h4-7H,8H2,1-3H3. The van der Waals surface area contributed by atoms with E-state index in [4.69, 9.17) is 11.6 Å². The van der Waals surface area contributed by atoms with Crippen molar-refractivity contribution < 1.29 is 4.79 Å². The molecule has 0 N–H and O–H groups in total. The number of halogens is 1. The third-order valence-electron chi connectivity index (χ3n) is 2.32. The van der Waals surface area contributed by atoms with E-state index in [1.807, 2.05) is 26.0 Å². The molecule has 6 heteroatoms. The van der Waals surface area contributed by atoms with Gasteiger partial charge in [0, 0.05) is 17.0 Å². The first kappa shape index (κ1) is 15.0. The molecule has 0 fully saturated rings. The Morgan fingerprint density at radius 3 is 2.44 bits per heavy atom. The van der Waals surface area contributed by atoms with Gasteiger partial charge in [-0.25, -0.2) is 0 Å². The summed E-state index contributed by atoms with van der Waals surface area (Å²) in [6, 6.07) is 7.28. The molecule has 0 saturated carbocycles. The molecule has 0 aromatic heterocycles. The molecular weight excluding hydrogens is 272 g/mol. The lowest BCUT2D eigenvalue weighted by Gasteiger charge is -2.27. The molecule has 1 aromatic rings. The van der Waals surface area contributed by atoms with Crippen LogP contribution in [0.1, 0.15) is 13.8 Å². The fraction of sp³-hybridized carbons (Fsp3) is 0.417. The summed E-state index contributed by atoms with van der Waals surface area (Å²) in [6.07, 6.45) is 0. The second-order valence-corrected chi connectivity index (χ2v) is 6.47. The van der Waals surface area contributed by atoms with Gasteiger partial charge in [-0.1, -0.05) is 11.6 Å². The van der Waals surface area contributed by atoms with E-state index in [2.05, 4.69) is 5.18 Å². The summed E-state index contributed by atoms with van der Waals surface area (Å²) in [7, 11) is 1.56. The number of hydrogen-bond acceptors (Lipinski definition) is 4. The highest BCUT2D eigenvalue weighted by Crippen LogP contribution is 2.34. The van der Waals surface area contributed by atoms with Gasteiger partial charge in [0.25, 0.3) is 0 Å². The molecule has 18 heavy (non-hydrogen) atoms. The zero-order valence-electron chi connectivity index (χ0n) is 10.5. The first-order chi connectivity index (χ1) is 8.36. The molecule has 98 valence electrons. The molecule has 0 bridgehead atoms. The van der Waals surface area contributed by atoms with E-state index in [1.54, 1.807) is 19.2 Å². The molecule has 0 aliphatic rings. The van der Waals surface area contributed by atoms with Crippen LogP contribution < -0.4 is 0 Å². The highest BCUT2D eigenvalue weighted by molar-refractivity contribution is 8.01. The minimum Gasteiger partial charge on any atom is -0.322 e. The smallest absolute Gasteiger partial charge is 0.239 e. The van der Waals surface area contributed by atoms with Crippen molar-refractivity contribution in [1.82, 2.24) is 4.90 Å². The van der Waals surface area contributed by atoms with Crippen molar-refractivity contribution in [2.24, 2.45) is 5.18 Å². The normalized spacial score (nSPS) is 11.1. The third-order valence-corrected chi connectivity index (χ3v) is 3.76. The van der Waals surface area contributed by atoms with Gasteiger partial charge in [0.05, 0.1) is 4.75 Å². The largest absolute Gasteiger partial charge is 0.322 e. The van der Waals surface area contributed by atoms with Crippen LogP contribution in [0.5, 0.6) is 0 Å². The Labute approximate surface area is 116 Å². The van der Waals surface area contributed by atoms with Crippen molar-refractivity contribution in [2.75, 3.05) is 13.7 Å². The monoisotopic (exact) mass is 286 g/mol. The lowest BCUT2D eigenvalue weighted by atomic mass is 10.2. The number of benzene rings is 1. The molecule has 0 unspecified atom stereocenters. The van der Waals surface area contributed by atoms with Gasteiger partial charge in [-0.2, -0.15) is 0 Å². The van der Waals surface area contributed by atoms with Gasteiger partial charge in [0.2, 0.25) is 5.91 Å². The van der Waals surface area contributed by atoms with Crippen molar-refractivity contribution in [3.05, 3.63) is 34.2 Å². The maximum atomic E-state index is 12.1. The van der Waals surface area contributed by atoms with Crippen LogP contribution in [-0.4, -0.2) is 29.3 Å². The van der Waals surface area contributed by atoms with Gasteiger partial charge in [0.1, 0.15) is 0 Å². The molecule has 0 radical (unpaired) electrons. The summed E-state index contributed by atoms with van der Waals surface area (Å²) in [6.45, 7) is 3.50. The van der Waals surface area contributed by atoms with Gasteiger partial charge in [-0.05, 0) is 43.3 Å². The van der Waals surface area contributed by atoms with Gasteiger partial charge in [-0.15, -0.1) is 16.7 Å². The van der Waals surface area contributed by atoms with Crippen LogP contribution in [-0.2, 0) is 4.79 Å². The lowest BCUT2D eigenvalue weighted by molar-refractivity contribution is -0.131. The highest BCUT2D eigenvalue weighted by atomic mass is 35.5. The first-order valence-corrected chi connectivity index (χ1v) is 6.55. The average molecular weight is 287 g/mol. The fourth-order valence-electron chi connectivity index (χ4n) is 1.45. The van der Waals surface area contributed by atoms with Crippen molar-refractivity contribution >= 4 is 29.3 Å². The van der Waals surface area contributed by atoms with E-state index in [0.29, 0.717) is 5.02 Å². The maximum absolute atomic E-state index is 12.1. The van der Waals surface area contributed by atoms with E-state index >= 15 is 0 Å². The van der Waals surface area contributed by atoms with Crippen LogP contribution in [0.25, 0.3) is 0 Å². The fourth-order valence-corrected chi connectivity index (χ4v) is 2.68. The predicted octanol–water partition coefficient (Wildman–Crippen LogP) is 3.39. The number of carbonyl (C=O) groups excluding carboxylic acids is 1. The molecule has 0 spiro atoms. The average Bonchev–Trinajstić information content (AvgIpc) is 2.31. The summed E-state index contributed by atoms with van der Waals surface area (Å²) < 4.78 is -0.659. The maximum Gasteiger partial charge on any atom is 0.239 e. The summed E-state index contributed by atoms with van der Waals surface area (Å²) in [5.74, 6) is -0.137. The van der Waals surface area contributed by atoms with E-state index in [9.17, 15) is 9.70 Å². The number of thioether (sulfide) groups is 1. The molecule has 1 rings (SSSR count). The molecular formula is C12H15ClN2O2S. The predicted molar refractivity (Wildman–Crippen MR) is 74.8 cm³/mol. The van der Waals surface area contributed by atoms with E-state index in [1.165, 1.54) is 16.7 Å². The number of carbonyl (C=O) groups is 1. The minimum absolute atomic E-state index is 0.135. The molecule has 0 heterocycles. The topological polar surface area (TPSA) is 49.7 Å². The van der Waals surface area contributed by atoms with Gasteiger partial charge >= 0.3 is 0 Å². The van der Waals surface area contributed by atoms with E-state index < -0.39 is 4.75 Å². The molecule has 0 saturated heterocycles. The molecule has 0 aliphatic carbocycles. The van der Waals surface area contributed by atoms with Gasteiger partial charge < -0.3 is 4.90 Å². The SMILES string of the molecule is CN(CN=O)C(=O)C(C)(C)Sc1ccc(Cl)cc1. The Morgan fingerprint density at radius 2 is 1.94 bits per heavy atom. The number of nitrogens with zero attached hydrogens (tertiary/aromatic N) is 2. The van der Waals surface area contributed by atoms with Crippen molar-refractivity contribution in [3.8, 4) is 0 Å². The van der Waals surface area contributed by atoms with Gasteiger partial charge in [0.15, 0.2) is 6.67 Å². The summed E-state index contributed by atoms with van der Waals surface area (Å²) in [5, 5.41) is 3.38. The molecule has 1 amide bonds. The van der Waals surface area contributed by atoms with Crippen LogP contribution in [0.3, 0.4) is 0 Å². The van der Waals surface area contributed by atoms with Crippen LogP contribution in [0.15, 0.2) is 34.3 Å².